The molecule has 0 aromatic rings. The molecule has 1 rings (SSSR count). The minimum atomic E-state index is -0.659. The second-order valence-electron chi connectivity index (χ2n) is 4.35. The molecule has 2 unspecified atom stereocenters. The minimum absolute atomic E-state index is 0.159. The highest BCUT2D eigenvalue weighted by molar-refractivity contribution is 5.72. The number of rotatable bonds is 7. The van der Waals surface area contributed by atoms with Gasteiger partial charge in [-0.25, -0.2) is 0 Å². The van der Waals surface area contributed by atoms with E-state index in [4.69, 9.17) is 10.2 Å². The molecule has 1 saturated carbocycles. The molecular formula is C11H21NO3. The summed E-state index contributed by atoms with van der Waals surface area (Å²) >= 11 is 0. The fourth-order valence-corrected chi connectivity index (χ4v) is 2.11. The van der Waals surface area contributed by atoms with Gasteiger partial charge in [-0.05, 0) is 45.7 Å². The smallest absolute Gasteiger partial charge is 0.308 e. The normalized spacial score (nSPS) is 25.3. The van der Waals surface area contributed by atoms with Crippen LogP contribution in [-0.4, -0.2) is 47.3 Å². The van der Waals surface area contributed by atoms with Crippen LogP contribution in [0.15, 0.2) is 0 Å². The molecule has 1 aliphatic rings. The fourth-order valence-electron chi connectivity index (χ4n) is 2.11. The first-order chi connectivity index (χ1) is 7.16. The molecule has 1 fully saturated rings. The van der Waals surface area contributed by atoms with Crippen molar-refractivity contribution < 1.29 is 15.0 Å². The topological polar surface area (TPSA) is 60.8 Å². The van der Waals surface area contributed by atoms with Crippen LogP contribution >= 0.6 is 0 Å². The fraction of sp³-hybridized carbons (Fsp3) is 0.909. The molecule has 0 saturated heterocycles. The third-order valence-electron chi connectivity index (χ3n) is 3.29. The van der Waals surface area contributed by atoms with Gasteiger partial charge in [-0.15, -0.1) is 0 Å². The zero-order valence-electron chi connectivity index (χ0n) is 9.35. The third kappa shape index (κ3) is 3.47. The lowest BCUT2D eigenvalue weighted by Gasteiger charge is -2.40. The molecule has 0 spiro atoms. The van der Waals surface area contributed by atoms with Gasteiger partial charge in [0.2, 0.25) is 0 Å². The van der Waals surface area contributed by atoms with E-state index in [9.17, 15) is 4.79 Å². The van der Waals surface area contributed by atoms with Crippen molar-refractivity contribution in [2.75, 3.05) is 20.2 Å². The number of carboxylic acid groups (broad SMARTS) is 1. The number of hydrogen-bond acceptors (Lipinski definition) is 3. The van der Waals surface area contributed by atoms with Crippen LogP contribution in [-0.2, 0) is 4.79 Å². The van der Waals surface area contributed by atoms with Crippen molar-refractivity contribution in [3.63, 3.8) is 0 Å². The summed E-state index contributed by atoms with van der Waals surface area (Å²) in [5, 5.41) is 17.5. The molecule has 0 bridgehead atoms. The van der Waals surface area contributed by atoms with E-state index in [2.05, 4.69) is 4.90 Å². The third-order valence-corrected chi connectivity index (χ3v) is 3.29. The van der Waals surface area contributed by atoms with Crippen LogP contribution in [0.3, 0.4) is 0 Å². The largest absolute Gasteiger partial charge is 0.481 e. The molecule has 1 aliphatic carbocycles. The van der Waals surface area contributed by atoms with Crippen molar-refractivity contribution in [2.24, 2.45) is 5.92 Å². The van der Waals surface area contributed by atoms with E-state index in [1.54, 1.807) is 0 Å². The monoisotopic (exact) mass is 215 g/mol. The Labute approximate surface area is 90.9 Å². The number of hydrogen-bond donors (Lipinski definition) is 2. The van der Waals surface area contributed by atoms with Gasteiger partial charge >= 0.3 is 5.97 Å². The highest BCUT2D eigenvalue weighted by Gasteiger charge is 2.38. The molecule has 4 heteroatoms. The van der Waals surface area contributed by atoms with E-state index in [1.807, 2.05) is 7.05 Å². The van der Waals surface area contributed by atoms with Gasteiger partial charge in [0.1, 0.15) is 0 Å². The van der Waals surface area contributed by atoms with Crippen molar-refractivity contribution in [1.29, 1.82) is 0 Å². The number of nitrogens with zero attached hydrogens (tertiary/aromatic N) is 1. The lowest BCUT2D eigenvalue weighted by Crippen LogP contribution is -2.48. The summed E-state index contributed by atoms with van der Waals surface area (Å²) in [5.41, 5.74) is 0. The number of aliphatic carboxylic acids is 1. The zero-order chi connectivity index (χ0) is 11.3. The predicted molar refractivity (Wildman–Crippen MR) is 57.7 cm³/mol. The SMILES string of the molecule is CN(CCCCCO)C1CCC1C(=O)O. The summed E-state index contributed by atoms with van der Waals surface area (Å²) in [7, 11) is 2.00. The van der Waals surface area contributed by atoms with Crippen molar-refractivity contribution in [3.05, 3.63) is 0 Å². The molecule has 0 aromatic heterocycles. The number of aliphatic hydroxyl groups excluding tert-OH is 1. The first kappa shape index (κ1) is 12.5. The van der Waals surface area contributed by atoms with Crippen LogP contribution in [0.5, 0.6) is 0 Å². The van der Waals surface area contributed by atoms with Gasteiger partial charge in [0.15, 0.2) is 0 Å². The number of unbranched alkanes of at least 4 members (excludes halogenated alkanes) is 2. The second kappa shape index (κ2) is 6.08. The average Bonchev–Trinajstić information content (AvgIpc) is 2.09. The zero-order valence-corrected chi connectivity index (χ0v) is 9.35. The maximum atomic E-state index is 10.8. The van der Waals surface area contributed by atoms with Crippen LogP contribution < -0.4 is 0 Å². The summed E-state index contributed by atoms with van der Waals surface area (Å²) in [4.78, 5) is 13.0. The van der Waals surface area contributed by atoms with E-state index in [0.717, 1.165) is 38.6 Å². The Kier molecular flexibility index (Phi) is 5.05. The molecule has 0 radical (unpaired) electrons. The Morgan fingerprint density at radius 1 is 1.33 bits per heavy atom. The van der Waals surface area contributed by atoms with Crippen LogP contribution in [0.4, 0.5) is 0 Å². The summed E-state index contributed by atoms with van der Waals surface area (Å²) in [6.07, 6.45) is 4.74. The standard InChI is InChI=1S/C11H21NO3/c1-12(7-3-2-4-8-13)10-6-5-9(10)11(14)15/h9-10,13H,2-8H2,1H3,(H,14,15). The van der Waals surface area contributed by atoms with Crippen LogP contribution in [0.25, 0.3) is 0 Å². The first-order valence-electron chi connectivity index (χ1n) is 5.70. The van der Waals surface area contributed by atoms with Gasteiger partial charge in [0.05, 0.1) is 5.92 Å². The molecule has 0 aliphatic heterocycles. The maximum absolute atomic E-state index is 10.8. The summed E-state index contributed by atoms with van der Waals surface area (Å²) in [6.45, 7) is 1.19. The second-order valence-corrected chi connectivity index (χ2v) is 4.35. The van der Waals surface area contributed by atoms with Crippen molar-refractivity contribution in [3.8, 4) is 0 Å². The van der Waals surface area contributed by atoms with Gasteiger partial charge in [-0.3, -0.25) is 4.79 Å². The molecule has 88 valence electrons. The van der Waals surface area contributed by atoms with Crippen LogP contribution in [0, 0.1) is 5.92 Å². The molecule has 2 atom stereocenters. The lowest BCUT2D eigenvalue weighted by molar-refractivity contribution is -0.148. The van der Waals surface area contributed by atoms with Crippen molar-refractivity contribution in [1.82, 2.24) is 4.90 Å². The predicted octanol–water partition coefficient (Wildman–Crippen LogP) is 0.944. The Morgan fingerprint density at radius 2 is 2.07 bits per heavy atom. The van der Waals surface area contributed by atoms with Crippen LogP contribution in [0.1, 0.15) is 32.1 Å². The Bertz CT molecular complexity index is 208. The van der Waals surface area contributed by atoms with Gasteiger partial charge in [0, 0.05) is 12.6 Å². The molecular weight excluding hydrogens is 194 g/mol. The van der Waals surface area contributed by atoms with Gasteiger partial charge in [0.25, 0.3) is 0 Å². The number of carboxylic acids is 1. The molecule has 2 N–H and O–H groups in total. The van der Waals surface area contributed by atoms with E-state index >= 15 is 0 Å². The lowest BCUT2D eigenvalue weighted by atomic mass is 9.78. The quantitative estimate of drug-likeness (QED) is 0.621. The molecule has 0 aromatic carbocycles. The number of aliphatic hydroxyl groups is 1. The molecule has 15 heavy (non-hydrogen) atoms. The average molecular weight is 215 g/mol. The first-order valence-corrected chi connectivity index (χ1v) is 5.70. The Balaban J connectivity index is 2.17. The van der Waals surface area contributed by atoms with E-state index in [1.165, 1.54) is 0 Å². The molecule has 4 nitrogen and oxygen atoms in total. The van der Waals surface area contributed by atoms with Crippen molar-refractivity contribution in [2.45, 2.75) is 38.1 Å². The molecule has 0 heterocycles. The van der Waals surface area contributed by atoms with Crippen LogP contribution in [0.2, 0.25) is 0 Å². The van der Waals surface area contributed by atoms with Gasteiger partial charge in [-0.1, -0.05) is 0 Å². The molecule has 0 amide bonds. The van der Waals surface area contributed by atoms with Crippen molar-refractivity contribution >= 4 is 5.97 Å². The highest BCUT2D eigenvalue weighted by Crippen LogP contribution is 2.31. The Hall–Kier alpha value is -0.610. The van der Waals surface area contributed by atoms with Gasteiger partial charge < -0.3 is 15.1 Å². The van der Waals surface area contributed by atoms with E-state index in [0.29, 0.717) is 0 Å². The maximum Gasteiger partial charge on any atom is 0.308 e. The number of carbonyl (C=O) groups is 1. The van der Waals surface area contributed by atoms with E-state index in [-0.39, 0.29) is 18.6 Å². The summed E-state index contributed by atoms with van der Waals surface area (Å²) in [6, 6.07) is 0.233. The minimum Gasteiger partial charge on any atom is -0.481 e. The Morgan fingerprint density at radius 3 is 2.53 bits per heavy atom. The summed E-state index contributed by atoms with van der Waals surface area (Å²) in [5.74, 6) is -0.818. The van der Waals surface area contributed by atoms with E-state index < -0.39 is 5.97 Å². The summed E-state index contributed by atoms with van der Waals surface area (Å²) < 4.78 is 0. The van der Waals surface area contributed by atoms with Gasteiger partial charge in [-0.2, -0.15) is 0 Å². The highest BCUT2D eigenvalue weighted by atomic mass is 16.4.